The molecule has 0 spiro atoms. The van der Waals surface area contributed by atoms with E-state index in [0.717, 1.165) is 32.1 Å². The Morgan fingerprint density at radius 3 is 2.32 bits per heavy atom. The van der Waals surface area contributed by atoms with Gasteiger partial charge in [0.1, 0.15) is 0 Å². The fourth-order valence-electron chi connectivity index (χ4n) is 5.23. The Bertz CT molecular complexity index is 802. The summed E-state index contributed by atoms with van der Waals surface area (Å²) in [5.41, 5.74) is 8.96. The molecular formula is C33H55N. The number of allylic oxidation sites excluding steroid dienone is 3. The molecule has 34 heavy (non-hydrogen) atoms. The lowest BCUT2D eigenvalue weighted by Crippen LogP contribution is -2.43. The van der Waals surface area contributed by atoms with E-state index in [1.165, 1.54) is 42.5 Å². The first-order chi connectivity index (χ1) is 16.1. The minimum Gasteiger partial charge on any atom is -0.379 e. The fraction of sp³-hybridized carbons (Fsp3) is 0.667. The summed E-state index contributed by atoms with van der Waals surface area (Å²) in [4.78, 5) is 0. The van der Waals surface area contributed by atoms with Crippen molar-refractivity contribution in [1.29, 1.82) is 0 Å². The molecule has 0 aliphatic carbocycles. The third-order valence-corrected chi connectivity index (χ3v) is 8.94. The minimum atomic E-state index is 0.122. The standard InChI is InChI=1S/C33H55N/c1-11-16-17-19-27(7)33(14-4,15-5)34-31-21-18-20-30(25-31)23-22-29(13-3)24-28(8)32(9,10)26(6)12-2/h13,18,20-21,25,27-28,34H,2,11,14-17,19,22-24H2,1,3-10H3. The number of benzene rings is 1. The van der Waals surface area contributed by atoms with Crippen LogP contribution in [-0.4, -0.2) is 5.54 Å². The molecule has 1 N–H and O–H groups in total. The van der Waals surface area contributed by atoms with Crippen LogP contribution in [0.4, 0.5) is 5.69 Å². The fourth-order valence-corrected chi connectivity index (χ4v) is 5.23. The van der Waals surface area contributed by atoms with Crippen LogP contribution >= 0.6 is 0 Å². The quantitative estimate of drug-likeness (QED) is 0.145. The Labute approximate surface area is 213 Å². The molecule has 0 bridgehead atoms. The summed E-state index contributed by atoms with van der Waals surface area (Å²) in [7, 11) is 0. The van der Waals surface area contributed by atoms with Gasteiger partial charge in [0.2, 0.25) is 0 Å². The predicted molar refractivity (Wildman–Crippen MR) is 155 cm³/mol. The number of hydrogen-bond acceptors (Lipinski definition) is 1. The number of aryl methyl sites for hydroxylation is 1. The van der Waals surface area contributed by atoms with Crippen LogP contribution in [0.15, 0.2) is 53.8 Å². The Morgan fingerprint density at radius 2 is 1.76 bits per heavy atom. The zero-order valence-corrected chi connectivity index (χ0v) is 24.1. The van der Waals surface area contributed by atoms with E-state index in [9.17, 15) is 0 Å². The van der Waals surface area contributed by atoms with E-state index < -0.39 is 0 Å². The minimum absolute atomic E-state index is 0.122. The molecule has 0 aliphatic rings. The van der Waals surface area contributed by atoms with Gasteiger partial charge in [-0.1, -0.05) is 98.1 Å². The number of anilines is 1. The average Bonchev–Trinajstić information content (AvgIpc) is 2.84. The molecule has 0 radical (unpaired) electrons. The van der Waals surface area contributed by atoms with E-state index >= 15 is 0 Å². The Balaban J connectivity index is 2.87. The highest BCUT2D eigenvalue weighted by Crippen LogP contribution is 2.38. The molecule has 0 saturated carbocycles. The monoisotopic (exact) mass is 465 g/mol. The SMILES string of the molecule is C=C=C(C)C(C)(C)C(C)CC(=CC)CCc1cccc(NC(CC)(CC)C(C)CCCCC)c1. The van der Waals surface area contributed by atoms with Gasteiger partial charge in [-0.2, -0.15) is 0 Å². The third-order valence-electron chi connectivity index (χ3n) is 8.94. The Morgan fingerprint density at radius 1 is 1.09 bits per heavy atom. The zero-order valence-electron chi connectivity index (χ0n) is 24.1. The summed E-state index contributed by atoms with van der Waals surface area (Å²) in [6, 6.07) is 9.17. The molecular weight excluding hydrogens is 410 g/mol. The van der Waals surface area contributed by atoms with Crippen molar-refractivity contribution in [2.75, 3.05) is 5.32 Å². The first-order valence-electron chi connectivity index (χ1n) is 14.0. The molecule has 1 aromatic carbocycles. The summed E-state index contributed by atoms with van der Waals surface area (Å²) >= 11 is 0. The van der Waals surface area contributed by atoms with Crippen LogP contribution in [0.25, 0.3) is 0 Å². The highest BCUT2D eigenvalue weighted by atomic mass is 15.0. The maximum atomic E-state index is 4.00. The van der Waals surface area contributed by atoms with Gasteiger partial charge in [0, 0.05) is 11.2 Å². The lowest BCUT2D eigenvalue weighted by molar-refractivity contribution is 0.277. The van der Waals surface area contributed by atoms with Crippen molar-refractivity contribution in [3.05, 3.63) is 59.4 Å². The summed E-state index contributed by atoms with van der Waals surface area (Å²) in [5, 5.41) is 4.00. The van der Waals surface area contributed by atoms with Gasteiger partial charge in [0.15, 0.2) is 0 Å². The van der Waals surface area contributed by atoms with Crippen molar-refractivity contribution in [3.8, 4) is 0 Å². The van der Waals surface area contributed by atoms with Crippen molar-refractivity contribution < 1.29 is 0 Å². The summed E-state index contributed by atoms with van der Waals surface area (Å²) in [5.74, 6) is 1.23. The molecule has 1 aromatic rings. The molecule has 0 fully saturated rings. The van der Waals surface area contributed by atoms with Gasteiger partial charge in [0.05, 0.1) is 0 Å². The van der Waals surface area contributed by atoms with Gasteiger partial charge < -0.3 is 5.32 Å². The van der Waals surface area contributed by atoms with Crippen molar-refractivity contribution in [2.45, 2.75) is 126 Å². The molecule has 1 heteroatoms. The second-order valence-electron chi connectivity index (χ2n) is 11.2. The third kappa shape index (κ3) is 8.49. The Hall–Kier alpha value is -1.72. The van der Waals surface area contributed by atoms with E-state index in [0.29, 0.717) is 11.8 Å². The van der Waals surface area contributed by atoms with Crippen molar-refractivity contribution in [3.63, 3.8) is 0 Å². The Kier molecular flexibility index (Phi) is 13.0. The van der Waals surface area contributed by atoms with Crippen LogP contribution in [0.1, 0.15) is 119 Å². The topological polar surface area (TPSA) is 12.0 Å². The molecule has 0 aliphatic heterocycles. The van der Waals surface area contributed by atoms with E-state index in [1.54, 1.807) is 5.57 Å². The summed E-state index contributed by atoms with van der Waals surface area (Å²) < 4.78 is 0. The predicted octanol–water partition coefficient (Wildman–Crippen LogP) is 10.5. The van der Waals surface area contributed by atoms with Gasteiger partial charge in [-0.3, -0.25) is 0 Å². The van der Waals surface area contributed by atoms with Crippen LogP contribution in [0.5, 0.6) is 0 Å². The van der Waals surface area contributed by atoms with Gasteiger partial charge in [-0.15, -0.1) is 5.73 Å². The normalized spacial score (nSPS) is 14.4. The molecule has 0 saturated heterocycles. The van der Waals surface area contributed by atoms with Gasteiger partial charge >= 0.3 is 0 Å². The zero-order chi connectivity index (χ0) is 25.8. The lowest BCUT2D eigenvalue weighted by Gasteiger charge is -2.40. The molecule has 1 rings (SSSR count). The number of hydrogen-bond donors (Lipinski definition) is 1. The van der Waals surface area contributed by atoms with Crippen molar-refractivity contribution >= 4 is 5.69 Å². The molecule has 0 aromatic heterocycles. The molecule has 2 atom stereocenters. The van der Waals surface area contributed by atoms with E-state index in [1.807, 2.05) is 0 Å². The average molecular weight is 466 g/mol. The molecule has 0 heterocycles. The van der Waals surface area contributed by atoms with E-state index in [-0.39, 0.29) is 11.0 Å². The largest absolute Gasteiger partial charge is 0.379 e. The van der Waals surface area contributed by atoms with Crippen LogP contribution in [0.3, 0.4) is 0 Å². The van der Waals surface area contributed by atoms with Gasteiger partial charge in [0.25, 0.3) is 0 Å². The van der Waals surface area contributed by atoms with E-state index in [4.69, 9.17) is 0 Å². The number of rotatable bonds is 16. The first kappa shape index (κ1) is 30.3. The van der Waals surface area contributed by atoms with Gasteiger partial charge in [-0.05, 0) is 92.9 Å². The molecule has 1 nitrogen and oxygen atoms in total. The summed E-state index contributed by atoms with van der Waals surface area (Å²) in [6.45, 7) is 24.7. The van der Waals surface area contributed by atoms with Crippen molar-refractivity contribution in [2.24, 2.45) is 17.3 Å². The smallest absolute Gasteiger partial charge is 0.0394 e. The molecule has 192 valence electrons. The highest BCUT2D eigenvalue weighted by Gasteiger charge is 2.32. The highest BCUT2D eigenvalue weighted by molar-refractivity contribution is 5.48. The molecule has 2 unspecified atom stereocenters. The van der Waals surface area contributed by atoms with E-state index in [2.05, 4.69) is 110 Å². The van der Waals surface area contributed by atoms with Crippen LogP contribution < -0.4 is 5.32 Å². The maximum Gasteiger partial charge on any atom is 0.0394 e. The lowest BCUT2D eigenvalue weighted by atomic mass is 9.72. The summed E-state index contributed by atoms with van der Waals surface area (Å²) in [6.07, 6.45) is 13.3. The van der Waals surface area contributed by atoms with Crippen LogP contribution in [0, 0.1) is 17.3 Å². The second-order valence-corrected chi connectivity index (χ2v) is 11.2. The number of nitrogens with one attached hydrogen (secondary N) is 1. The van der Waals surface area contributed by atoms with Crippen molar-refractivity contribution in [1.82, 2.24) is 0 Å². The molecule has 0 amide bonds. The van der Waals surface area contributed by atoms with Gasteiger partial charge in [-0.25, -0.2) is 0 Å². The first-order valence-corrected chi connectivity index (χ1v) is 14.0. The second kappa shape index (κ2) is 14.6. The number of unbranched alkanes of at least 4 members (excludes halogenated alkanes) is 2. The van der Waals surface area contributed by atoms with Crippen LogP contribution in [0.2, 0.25) is 0 Å². The van der Waals surface area contributed by atoms with Crippen LogP contribution in [-0.2, 0) is 6.42 Å². The maximum absolute atomic E-state index is 4.00.